The molecule has 12 N–H and O–H groups in total. The van der Waals surface area contributed by atoms with Crippen molar-refractivity contribution in [1.82, 2.24) is 16.0 Å². The molecule has 4 atom stereocenters. The Kier molecular flexibility index (Phi) is 13.4. The van der Waals surface area contributed by atoms with Crippen molar-refractivity contribution in [1.29, 1.82) is 0 Å². The van der Waals surface area contributed by atoms with Gasteiger partial charge in [0.1, 0.15) is 18.1 Å². The Morgan fingerprint density at radius 2 is 1.58 bits per heavy atom. The van der Waals surface area contributed by atoms with E-state index >= 15 is 0 Å². The summed E-state index contributed by atoms with van der Waals surface area (Å²) >= 11 is 0. The topological polar surface area (TPSA) is 282 Å². The van der Waals surface area contributed by atoms with Crippen molar-refractivity contribution < 1.29 is 43.2 Å². The van der Waals surface area contributed by atoms with Crippen molar-refractivity contribution in [3.05, 3.63) is 35.9 Å². The highest BCUT2D eigenvalue weighted by atomic mass is 31.2. The Morgan fingerprint density at radius 1 is 1.00 bits per heavy atom. The molecule has 0 saturated carbocycles. The van der Waals surface area contributed by atoms with Crippen molar-refractivity contribution >= 4 is 37.5 Å². The third kappa shape index (κ3) is 13.1. The molecule has 0 heterocycles. The minimum atomic E-state index is -5.04. The molecule has 212 valence electrons. The summed E-state index contributed by atoms with van der Waals surface area (Å²) < 4.78 is 15.6. The average molecular weight is 560 g/mol. The second-order valence-electron chi connectivity index (χ2n) is 8.22. The van der Waals surface area contributed by atoms with Crippen LogP contribution >= 0.6 is 7.82 Å². The molecular formula is C21H34N7O9P. The molecule has 3 amide bonds. The van der Waals surface area contributed by atoms with Crippen LogP contribution in [0, 0.1) is 0 Å². The summed E-state index contributed by atoms with van der Waals surface area (Å²) in [7, 11) is -5.04. The molecule has 0 bridgehead atoms. The molecule has 0 spiro atoms. The Bertz CT molecular complexity index is 1030. The van der Waals surface area contributed by atoms with Gasteiger partial charge in [-0.3, -0.25) is 28.7 Å². The molecule has 0 saturated heterocycles. The number of hydrogen-bond acceptors (Lipinski definition) is 8. The summed E-state index contributed by atoms with van der Waals surface area (Å²) in [6.07, 6.45) is 0.376. The first kappa shape index (κ1) is 32.5. The van der Waals surface area contributed by atoms with Crippen LogP contribution in [-0.2, 0) is 34.7 Å². The third-order valence-corrected chi connectivity index (χ3v) is 5.48. The quantitative estimate of drug-likeness (QED) is 0.0432. The third-order valence-electron chi connectivity index (χ3n) is 4.99. The van der Waals surface area contributed by atoms with Gasteiger partial charge in [-0.2, -0.15) is 0 Å². The number of carboxylic acids is 1. The summed E-state index contributed by atoms with van der Waals surface area (Å²) in [6, 6.07) is 3.08. The largest absolute Gasteiger partial charge is 0.480 e. The normalized spacial score (nSPS) is 14.3. The number of benzene rings is 1. The minimum absolute atomic E-state index is 0.0604. The van der Waals surface area contributed by atoms with Crippen LogP contribution in [0.1, 0.15) is 25.3 Å². The zero-order valence-electron chi connectivity index (χ0n) is 20.6. The molecule has 1 rings (SSSR count). The first-order valence-corrected chi connectivity index (χ1v) is 12.9. The number of rotatable bonds is 16. The Labute approximate surface area is 218 Å². The van der Waals surface area contributed by atoms with E-state index in [4.69, 9.17) is 32.1 Å². The van der Waals surface area contributed by atoms with Crippen LogP contribution in [-0.4, -0.2) is 81.9 Å². The highest BCUT2D eigenvalue weighted by Crippen LogP contribution is 2.35. The van der Waals surface area contributed by atoms with Gasteiger partial charge < -0.3 is 48.0 Å². The van der Waals surface area contributed by atoms with Crippen molar-refractivity contribution in [2.24, 2.45) is 22.2 Å². The molecule has 0 aromatic heterocycles. The average Bonchev–Trinajstić information content (AvgIpc) is 2.83. The lowest BCUT2D eigenvalue weighted by Gasteiger charge is -2.25. The lowest BCUT2D eigenvalue weighted by atomic mass is 10.0. The molecule has 0 radical (unpaired) electrons. The van der Waals surface area contributed by atoms with E-state index in [-0.39, 0.29) is 25.3 Å². The van der Waals surface area contributed by atoms with Gasteiger partial charge in [-0.15, -0.1) is 0 Å². The lowest BCUT2D eigenvalue weighted by molar-refractivity contribution is -0.141. The number of nitrogens with two attached hydrogens (primary N) is 3. The van der Waals surface area contributed by atoms with E-state index in [1.807, 2.05) is 0 Å². The summed E-state index contributed by atoms with van der Waals surface area (Å²) in [6.45, 7) is 0.473. The number of phosphoric ester groups is 1. The van der Waals surface area contributed by atoms with E-state index < -0.39 is 62.3 Å². The molecule has 0 unspecified atom stereocenters. The second-order valence-corrected chi connectivity index (χ2v) is 9.46. The number of nitrogens with one attached hydrogen (secondary N) is 3. The molecule has 17 heteroatoms. The number of carbonyl (C=O) groups excluding carboxylic acids is 3. The maximum Gasteiger partial charge on any atom is 0.469 e. The summed E-state index contributed by atoms with van der Waals surface area (Å²) in [5, 5.41) is 16.0. The van der Waals surface area contributed by atoms with Crippen LogP contribution in [0.5, 0.6) is 0 Å². The number of carboxylic acid groups (broad SMARTS) is 1. The highest BCUT2D eigenvalue weighted by Gasteiger charge is 2.31. The fourth-order valence-corrected chi connectivity index (χ4v) is 3.33. The predicted molar refractivity (Wildman–Crippen MR) is 135 cm³/mol. The van der Waals surface area contributed by atoms with Gasteiger partial charge in [0.15, 0.2) is 5.96 Å². The van der Waals surface area contributed by atoms with E-state index in [0.717, 1.165) is 0 Å². The summed E-state index contributed by atoms with van der Waals surface area (Å²) in [5.74, 6) is -4.15. The number of amides is 3. The fraction of sp³-hybridized carbons (Fsp3) is 0.476. The monoisotopic (exact) mass is 559 g/mol. The number of phosphoric acid groups is 1. The molecule has 0 aliphatic heterocycles. The smallest absolute Gasteiger partial charge is 0.469 e. The van der Waals surface area contributed by atoms with Crippen molar-refractivity contribution in [2.45, 2.75) is 50.4 Å². The Balaban J connectivity index is 3.04. The number of hydrogen-bond donors (Lipinski definition) is 9. The zero-order chi connectivity index (χ0) is 28.9. The van der Waals surface area contributed by atoms with E-state index in [1.54, 1.807) is 30.3 Å². The van der Waals surface area contributed by atoms with E-state index in [1.165, 1.54) is 6.92 Å². The van der Waals surface area contributed by atoms with Gasteiger partial charge in [0.05, 0.1) is 12.6 Å². The van der Waals surface area contributed by atoms with Gasteiger partial charge in [-0.1, -0.05) is 30.3 Å². The molecular weight excluding hydrogens is 525 g/mol. The van der Waals surface area contributed by atoms with Crippen molar-refractivity contribution in [3.8, 4) is 0 Å². The predicted octanol–water partition coefficient (Wildman–Crippen LogP) is -2.72. The second kappa shape index (κ2) is 15.6. The van der Waals surface area contributed by atoms with Crippen LogP contribution in [0.25, 0.3) is 0 Å². The maximum atomic E-state index is 13.0. The van der Waals surface area contributed by atoms with Crippen molar-refractivity contribution in [2.75, 3.05) is 13.2 Å². The molecule has 0 aliphatic carbocycles. The van der Waals surface area contributed by atoms with Gasteiger partial charge in [0, 0.05) is 13.0 Å². The first-order chi connectivity index (χ1) is 17.7. The Morgan fingerprint density at radius 3 is 2.13 bits per heavy atom. The minimum Gasteiger partial charge on any atom is -0.480 e. The standard InChI is InChI=1S/C21H34N7O9P/c1-12(20(32)33)26-18(30)15(10-13-6-3-2-4-7-13)27-19(31)16(11-37-38(34,35)36)28-17(29)14(22)8-5-9-25-21(23)24/h2-4,6-7,12,14-16H,5,8-11,22H2,1H3,(H,26,30)(H,27,31)(H,28,29)(H,32,33)(H4,23,24,25)(H2,34,35,36)/t12-,14-,15-,16-/m0/s1. The van der Waals surface area contributed by atoms with Crippen LogP contribution in [0.3, 0.4) is 0 Å². The van der Waals surface area contributed by atoms with Crippen molar-refractivity contribution in [3.63, 3.8) is 0 Å². The van der Waals surface area contributed by atoms with E-state index in [2.05, 4.69) is 25.5 Å². The van der Waals surface area contributed by atoms with E-state index in [9.17, 15) is 23.7 Å². The summed E-state index contributed by atoms with van der Waals surface area (Å²) in [4.78, 5) is 71.4. The summed E-state index contributed by atoms with van der Waals surface area (Å²) in [5.41, 5.74) is 16.9. The fourth-order valence-electron chi connectivity index (χ4n) is 2.99. The number of aliphatic carboxylic acids is 1. The van der Waals surface area contributed by atoms with Crippen LogP contribution in [0.15, 0.2) is 35.3 Å². The Hall–Kier alpha value is -3.56. The van der Waals surface area contributed by atoms with Gasteiger partial charge >= 0.3 is 13.8 Å². The molecule has 38 heavy (non-hydrogen) atoms. The van der Waals surface area contributed by atoms with Crippen LogP contribution in [0.4, 0.5) is 0 Å². The molecule has 0 aliphatic rings. The van der Waals surface area contributed by atoms with Gasteiger partial charge in [-0.25, -0.2) is 4.57 Å². The first-order valence-electron chi connectivity index (χ1n) is 11.4. The number of aliphatic imine (C=N–C) groups is 1. The van der Waals surface area contributed by atoms with Crippen LogP contribution < -0.4 is 33.2 Å². The molecule has 1 aromatic carbocycles. The number of guanidine groups is 1. The SMILES string of the molecule is C[C@H](NC(=O)[C@H](Cc1ccccc1)NC(=O)[C@H](COP(=O)(O)O)NC(=O)[C@@H](N)CCCN=C(N)N)C(=O)O. The molecule has 16 nitrogen and oxygen atoms in total. The molecule has 0 fully saturated rings. The van der Waals surface area contributed by atoms with Crippen LogP contribution in [0.2, 0.25) is 0 Å². The van der Waals surface area contributed by atoms with Gasteiger partial charge in [-0.05, 0) is 25.3 Å². The van der Waals surface area contributed by atoms with E-state index in [0.29, 0.717) is 12.0 Å². The van der Waals surface area contributed by atoms with Gasteiger partial charge in [0.2, 0.25) is 17.7 Å². The number of carbonyl (C=O) groups is 4. The zero-order valence-corrected chi connectivity index (χ0v) is 21.5. The molecule has 1 aromatic rings. The highest BCUT2D eigenvalue weighted by molar-refractivity contribution is 7.46. The maximum absolute atomic E-state index is 13.0. The lowest BCUT2D eigenvalue weighted by Crippen LogP contribution is -2.58. The van der Waals surface area contributed by atoms with Gasteiger partial charge in [0.25, 0.3) is 0 Å². The number of nitrogens with zero attached hydrogens (tertiary/aromatic N) is 1.